The monoisotopic (exact) mass is 397 g/mol. The zero-order valence-electron chi connectivity index (χ0n) is 17.4. The summed E-state index contributed by atoms with van der Waals surface area (Å²) in [7, 11) is 0. The number of fused-ring (bicyclic) bond motifs is 1. The van der Waals surface area contributed by atoms with Crippen molar-refractivity contribution in [1.82, 2.24) is 14.4 Å². The van der Waals surface area contributed by atoms with Gasteiger partial charge < -0.3 is 18.8 Å². The van der Waals surface area contributed by atoms with E-state index in [4.69, 9.17) is 4.42 Å². The van der Waals surface area contributed by atoms with Crippen molar-refractivity contribution < 1.29 is 14.0 Å². The molecule has 0 N–H and O–H groups in total. The number of amides is 2. The van der Waals surface area contributed by atoms with Crippen molar-refractivity contribution in [3.05, 3.63) is 48.2 Å². The Balaban J connectivity index is 1.55. The van der Waals surface area contributed by atoms with Gasteiger partial charge >= 0.3 is 0 Å². The molecule has 0 unspecified atom stereocenters. The molecule has 0 radical (unpaired) electrons. The Morgan fingerprint density at radius 1 is 1.21 bits per heavy atom. The van der Waals surface area contributed by atoms with E-state index < -0.39 is 0 Å². The molecular formula is C23H31N3O3. The fourth-order valence-electron chi connectivity index (χ4n) is 4.79. The zero-order valence-corrected chi connectivity index (χ0v) is 17.4. The normalized spacial score (nSPS) is 19.6. The second-order valence-corrected chi connectivity index (χ2v) is 8.77. The lowest BCUT2D eigenvalue weighted by molar-refractivity contribution is -0.144. The molecule has 2 aromatic heterocycles. The molecular weight excluding hydrogens is 366 g/mol. The maximum absolute atomic E-state index is 13.4. The van der Waals surface area contributed by atoms with Crippen molar-refractivity contribution in [1.29, 1.82) is 0 Å². The number of carbonyl (C=O) groups is 2. The first-order valence-electron chi connectivity index (χ1n) is 10.8. The van der Waals surface area contributed by atoms with Crippen LogP contribution in [0.4, 0.5) is 0 Å². The fourth-order valence-corrected chi connectivity index (χ4v) is 4.79. The van der Waals surface area contributed by atoms with Crippen LogP contribution in [-0.2, 0) is 16.1 Å². The predicted octanol–water partition coefficient (Wildman–Crippen LogP) is 3.69. The van der Waals surface area contributed by atoms with E-state index in [1.54, 1.807) is 12.5 Å². The molecule has 0 bridgehead atoms. The van der Waals surface area contributed by atoms with Gasteiger partial charge in [-0.2, -0.15) is 0 Å². The highest BCUT2D eigenvalue weighted by atomic mass is 16.3. The standard InChI is InChI=1S/C23H31N3O3/c1-17(2)14-25(23(28)18-6-3-4-7-18)15-21(27)26-12-11-24-10-5-8-20(24)22(26)19-9-13-29-16-19/h5,8-10,13,16-18,22H,3-4,6-7,11-12,14-15H2,1-2H3/t22-/m1/s1. The summed E-state index contributed by atoms with van der Waals surface area (Å²) in [6.45, 7) is 6.37. The number of rotatable bonds is 6. The Hall–Kier alpha value is -2.50. The van der Waals surface area contributed by atoms with Crippen molar-refractivity contribution in [2.75, 3.05) is 19.6 Å². The van der Waals surface area contributed by atoms with E-state index >= 15 is 0 Å². The third-order valence-electron chi connectivity index (χ3n) is 6.15. The Labute approximate surface area is 172 Å². The second-order valence-electron chi connectivity index (χ2n) is 8.77. The summed E-state index contributed by atoms with van der Waals surface area (Å²) >= 11 is 0. The number of hydrogen-bond donors (Lipinski definition) is 0. The van der Waals surface area contributed by atoms with Crippen LogP contribution in [0.5, 0.6) is 0 Å². The van der Waals surface area contributed by atoms with Gasteiger partial charge in [0.05, 0.1) is 19.1 Å². The maximum atomic E-state index is 13.4. The quantitative estimate of drug-likeness (QED) is 0.747. The van der Waals surface area contributed by atoms with Crippen LogP contribution in [-0.4, -0.2) is 45.8 Å². The summed E-state index contributed by atoms with van der Waals surface area (Å²) in [5.74, 6) is 0.585. The summed E-state index contributed by atoms with van der Waals surface area (Å²) in [6.07, 6.45) is 9.56. The van der Waals surface area contributed by atoms with E-state index in [0.29, 0.717) is 19.0 Å². The Kier molecular flexibility index (Phi) is 5.79. The molecule has 6 heteroatoms. The Bertz CT molecular complexity index is 833. The average Bonchev–Trinajstić information content (AvgIpc) is 3.47. The molecule has 0 aromatic carbocycles. The average molecular weight is 398 g/mol. The number of hydrogen-bond acceptors (Lipinski definition) is 3. The first kappa shape index (κ1) is 19.8. The van der Waals surface area contributed by atoms with Crippen LogP contribution in [0.3, 0.4) is 0 Å². The summed E-state index contributed by atoms with van der Waals surface area (Å²) in [5.41, 5.74) is 2.05. The van der Waals surface area contributed by atoms with Crippen LogP contribution in [0.15, 0.2) is 41.3 Å². The molecule has 1 fully saturated rings. The third kappa shape index (κ3) is 4.11. The van der Waals surface area contributed by atoms with Crippen LogP contribution < -0.4 is 0 Å². The van der Waals surface area contributed by atoms with Gasteiger partial charge in [0.2, 0.25) is 11.8 Å². The van der Waals surface area contributed by atoms with Gasteiger partial charge in [-0.25, -0.2) is 0 Å². The lowest BCUT2D eigenvalue weighted by Gasteiger charge is -2.38. The van der Waals surface area contributed by atoms with Crippen molar-refractivity contribution in [3.8, 4) is 0 Å². The first-order chi connectivity index (χ1) is 14.0. The molecule has 4 rings (SSSR count). The largest absolute Gasteiger partial charge is 0.472 e. The number of nitrogens with zero attached hydrogens (tertiary/aromatic N) is 3. The zero-order chi connectivity index (χ0) is 20.4. The summed E-state index contributed by atoms with van der Waals surface area (Å²) in [5, 5.41) is 0. The second kappa shape index (κ2) is 8.47. The van der Waals surface area contributed by atoms with E-state index in [9.17, 15) is 9.59 Å². The minimum atomic E-state index is -0.174. The molecule has 1 atom stereocenters. The predicted molar refractivity (Wildman–Crippen MR) is 110 cm³/mol. The van der Waals surface area contributed by atoms with Gasteiger partial charge in [0.1, 0.15) is 6.04 Å². The summed E-state index contributed by atoms with van der Waals surface area (Å²) in [4.78, 5) is 30.3. The fraction of sp³-hybridized carbons (Fsp3) is 0.565. The van der Waals surface area contributed by atoms with Crippen molar-refractivity contribution >= 4 is 11.8 Å². The van der Waals surface area contributed by atoms with Crippen LogP contribution in [0.1, 0.15) is 56.8 Å². The van der Waals surface area contributed by atoms with E-state index in [-0.39, 0.29) is 30.3 Å². The maximum Gasteiger partial charge on any atom is 0.243 e. The molecule has 0 spiro atoms. The molecule has 2 amide bonds. The van der Waals surface area contributed by atoms with Crippen LogP contribution in [0, 0.1) is 11.8 Å². The number of carbonyl (C=O) groups excluding carboxylic acids is 2. The van der Waals surface area contributed by atoms with Gasteiger partial charge in [-0.15, -0.1) is 0 Å². The lowest BCUT2D eigenvalue weighted by atomic mass is 10.0. The third-order valence-corrected chi connectivity index (χ3v) is 6.15. The summed E-state index contributed by atoms with van der Waals surface area (Å²) in [6, 6.07) is 5.83. The van der Waals surface area contributed by atoms with Crippen LogP contribution in [0.25, 0.3) is 0 Å². The van der Waals surface area contributed by atoms with Gasteiger partial charge in [-0.1, -0.05) is 26.7 Å². The van der Waals surface area contributed by atoms with Crippen LogP contribution >= 0.6 is 0 Å². The first-order valence-corrected chi connectivity index (χ1v) is 10.8. The SMILES string of the molecule is CC(C)CN(CC(=O)N1CCn2cccc2[C@H]1c1ccoc1)C(=O)C1CCCC1. The molecule has 156 valence electrons. The number of aromatic nitrogens is 1. The van der Waals surface area contributed by atoms with E-state index in [1.165, 1.54) is 0 Å². The molecule has 29 heavy (non-hydrogen) atoms. The van der Waals surface area contributed by atoms with Crippen molar-refractivity contribution in [2.45, 2.75) is 52.1 Å². The van der Waals surface area contributed by atoms with Gasteiger partial charge in [0, 0.05) is 43.0 Å². The highest BCUT2D eigenvalue weighted by Gasteiger charge is 2.35. The highest BCUT2D eigenvalue weighted by Crippen LogP contribution is 2.33. The minimum Gasteiger partial charge on any atom is -0.472 e. The minimum absolute atomic E-state index is 0.00986. The van der Waals surface area contributed by atoms with Gasteiger partial charge in [0.15, 0.2) is 0 Å². The lowest BCUT2D eigenvalue weighted by Crippen LogP contribution is -2.49. The topological polar surface area (TPSA) is 58.7 Å². The molecule has 6 nitrogen and oxygen atoms in total. The highest BCUT2D eigenvalue weighted by molar-refractivity contribution is 5.86. The van der Waals surface area contributed by atoms with Gasteiger partial charge in [0.25, 0.3) is 0 Å². The molecule has 2 aromatic rings. The van der Waals surface area contributed by atoms with Gasteiger partial charge in [-0.3, -0.25) is 9.59 Å². The molecule has 3 heterocycles. The smallest absolute Gasteiger partial charge is 0.243 e. The van der Waals surface area contributed by atoms with Gasteiger partial charge in [-0.05, 0) is 37.0 Å². The number of furan rings is 1. The molecule has 0 saturated heterocycles. The van der Waals surface area contributed by atoms with Crippen LogP contribution in [0.2, 0.25) is 0 Å². The molecule has 1 saturated carbocycles. The molecule has 1 aliphatic carbocycles. The Morgan fingerprint density at radius 3 is 2.69 bits per heavy atom. The molecule has 2 aliphatic rings. The van der Waals surface area contributed by atoms with Crippen molar-refractivity contribution in [3.63, 3.8) is 0 Å². The summed E-state index contributed by atoms with van der Waals surface area (Å²) < 4.78 is 7.51. The Morgan fingerprint density at radius 2 is 2.00 bits per heavy atom. The molecule has 1 aliphatic heterocycles. The van der Waals surface area contributed by atoms with E-state index in [0.717, 1.165) is 43.5 Å². The van der Waals surface area contributed by atoms with E-state index in [1.807, 2.05) is 21.9 Å². The van der Waals surface area contributed by atoms with E-state index in [2.05, 4.69) is 30.7 Å². The van der Waals surface area contributed by atoms with Crippen molar-refractivity contribution in [2.24, 2.45) is 11.8 Å².